The fourth-order valence-corrected chi connectivity index (χ4v) is 2.33. The van der Waals surface area contributed by atoms with Crippen LogP contribution in [0, 0.1) is 0 Å². The second kappa shape index (κ2) is 7.30. The summed E-state index contributed by atoms with van der Waals surface area (Å²) in [5, 5.41) is 2.70. The van der Waals surface area contributed by atoms with Gasteiger partial charge in [0.1, 0.15) is 11.9 Å². The zero-order valence-corrected chi connectivity index (χ0v) is 10.7. The molecule has 1 amide bonds. The number of aldehydes is 1. The Kier molecular flexibility index (Phi) is 6.01. The van der Waals surface area contributed by atoms with Crippen LogP contribution in [0.3, 0.4) is 0 Å². The normalized spacial score (nSPS) is 18.4. The highest BCUT2D eigenvalue weighted by Gasteiger charge is 2.33. The van der Waals surface area contributed by atoms with Gasteiger partial charge in [-0.3, -0.25) is 0 Å². The molecule has 4 nitrogen and oxygen atoms in total. The first-order chi connectivity index (χ1) is 8.22. The van der Waals surface area contributed by atoms with E-state index in [1.807, 2.05) is 0 Å². The number of ether oxygens (including phenoxy) is 1. The summed E-state index contributed by atoms with van der Waals surface area (Å²) in [6.07, 6.45) is 8.06. The molecule has 98 valence electrons. The third kappa shape index (κ3) is 4.75. The van der Waals surface area contributed by atoms with Crippen LogP contribution in [-0.4, -0.2) is 24.5 Å². The number of carbonyl (C=O) groups is 2. The molecule has 1 N–H and O–H groups in total. The number of carbonyl (C=O) groups excluding carboxylic acids is 2. The Morgan fingerprint density at radius 3 is 2.65 bits per heavy atom. The Morgan fingerprint density at radius 2 is 2.06 bits per heavy atom. The summed E-state index contributed by atoms with van der Waals surface area (Å²) in [5.41, 5.74) is -0.243. The van der Waals surface area contributed by atoms with E-state index in [0.717, 1.165) is 38.4 Å². The first kappa shape index (κ1) is 14.0. The molecule has 0 heterocycles. The second-order valence-corrected chi connectivity index (χ2v) is 4.72. The standard InChI is InChI=1S/C13H23NO3/c1-2-13(8-4-3-5-9-13)17-12(16)14-10-6-7-11-15/h11H,2-10H2,1H3,(H,14,16). The van der Waals surface area contributed by atoms with Crippen molar-refractivity contribution in [2.24, 2.45) is 0 Å². The van der Waals surface area contributed by atoms with Gasteiger partial charge in [-0.1, -0.05) is 13.3 Å². The average molecular weight is 241 g/mol. The van der Waals surface area contributed by atoms with E-state index < -0.39 is 0 Å². The molecule has 0 aliphatic heterocycles. The van der Waals surface area contributed by atoms with E-state index in [2.05, 4.69) is 12.2 Å². The van der Waals surface area contributed by atoms with E-state index in [-0.39, 0.29) is 11.7 Å². The molecular weight excluding hydrogens is 218 g/mol. The van der Waals surface area contributed by atoms with Crippen molar-refractivity contribution >= 4 is 12.4 Å². The van der Waals surface area contributed by atoms with Crippen LogP contribution in [0.4, 0.5) is 4.79 Å². The monoisotopic (exact) mass is 241 g/mol. The van der Waals surface area contributed by atoms with Gasteiger partial charge in [0, 0.05) is 13.0 Å². The molecule has 0 saturated heterocycles. The number of hydrogen-bond acceptors (Lipinski definition) is 3. The van der Waals surface area contributed by atoms with Gasteiger partial charge in [-0.05, 0) is 38.5 Å². The van der Waals surface area contributed by atoms with Crippen molar-refractivity contribution in [1.82, 2.24) is 5.32 Å². The number of rotatable bonds is 6. The summed E-state index contributed by atoms with van der Waals surface area (Å²) >= 11 is 0. The molecular formula is C13H23NO3. The quantitative estimate of drug-likeness (QED) is 0.574. The fourth-order valence-electron chi connectivity index (χ4n) is 2.33. The summed E-state index contributed by atoms with van der Waals surface area (Å²) in [6, 6.07) is 0. The zero-order chi connectivity index (χ0) is 12.6. The number of nitrogens with one attached hydrogen (secondary N) is 1. The number of hydrogen-bond donors (Lipinski definition) is 1. The van der Waals surface area contributed by atoms with Crippen LogP contribution in [0.15, 0.2) is 0 Å². The summed E-state index contributed by atoms with van der Waals surface area (Å²) in [4.78, 5) is 21.7. The molecule has 0 atom stereocenters. The molecule has 0 aromatic rings. The van der Waals surface area contributed by atoms with E-state index in [1.165, 1.54) is 6.42 Å². The van der Waals surface area contributed by atoms with Gasteiger partial charge < -0.3 is 14.8 Å². The van der Waals surface area contributed by atoms with Gasteiger partial charge in [-0.15, -0.1) is 0 Å². The van der Waals surface area contributed by atoms with E-state index in [1.54, 1.807) is 0 Å². The lowest BCUT2D eigenvalue weighted by Gasteiger charge is -2.35. The molecule has 0 spiro atoms. The summed E-state index contributed by atoms with van der Waals surface area (Å²) in [5.74, 6) is 0. The Balaban J connectivity index is 2.29. The first-order valence-electron chi connectivity index (χ1n) is 6.63. The molecule has 0 unspecified atom stereocenters. The maximum absolute atomic E-state index is 11.6. The van der Waals surface area contributed by atoms with Crippen LogP contribution in [-0.2, 0) is 9.53 Å². The molecule has 0 aromatic carbocycles. The lowest BCUT2D eigenvalue weighted by molar-refractivity contribution is -0.107. The molecule has 17 heavy (non-hydrogen) atoms. The van der Waals surface area contributed by atoms with Crippen LogP contribution in [0.25, 0.3) is 0 Å². The third-order valence-corrected chi connectivity index (χ3v) is 3.49. The van der Waals surface area contributed by atoms with Gasteiger partial charge in [0.2, 0.25) is 0 Å². The van der Waals surface area contributed by atoms with Crippen LogP contribution in [0.5, 0.6) is 0 Å². The highest BCUT2D eigenvalue weighted by Crippen LogP contribution is 2.34. The lowest BCUT2D eigenvalue weighted by Crippen LogP contribution is -2.40. The molecule has 1 fully saturated rings. The maximum Gasteiger partial charge on any atom is 0.407 e. The highest BCUT2D eigenvalue weighted by molar-refractivity contribution is 5.67. The average Bonchev–Trinajstić information content (AvgIpc) is 2.36. The topological polar surface area (TPSA) is 55.4 Å². The van der Waals surface area contributed by atoms with Crippen LogP contribution in [0.2, 0.25) is 0 Å². The fraction of sp³-hybridized carbons (Fsp3) is 0.846. The molecule has 1 rings (SSSR count). The largest absolute Gasteiger partial charge is 0.443 e. The van der Waals surface area contributed by atoms with E-state index in [9.17, 15) is 9.59 Å². The molecule has 0 radical (unpaired) electrons. The predicted molar refractivity (Wildman–Crippen MR) is 65.9 cm³/mol. The van der Waals surface area contributed by atoms with Crippen molar-refractivity contribution in [3.63, 3.8) is 0 Å². The van der Waals surface area contributed by atoms with Crippen LogP contribution in [0.1, 0.15) is 58.3 Å². The number of unbranched alkanes of at least 4 members (excludes halogenated alkanes) is 1. The Morgan fingerprint density at radius 1 is 1.35 bits per heavy atom. The van der Waals surface area contributed by atoms with Crippen LogP contribution >= 0.6 is 0 Å². The molecule has 4 heteroatoms. The van der Waals surface area contributed by atoms with Gasteiger partial charge >= 0.3 is 6.09 Å². The lowest BCUT2D eigenvalue weighted by atomic mass is 9.83. The SMILES string of the molecule is CCC1(OC(=O)NCCCC=O)CCCCC1. The second-order valence-electron chi connectivity index (χ2n) is 4.72. The van der Waals surface area contributed by atoms with Gasteiger partial charge in [-0.25, -0.2) is 4.79 Å². The van der Waals surface area contributed by atoms with Crippen molar-refractivity contribution < 1.29 is 14.3 Å². The Labute approximate surface area is 103 Å². The number of alkyl carbamates (subject to hydrolysis) is 1. The van der Waals surface area contributed by atoms with Crippen molar-refractivity contribution in [2.75, 3.05) is 6.54 Å². The zero-order valence-electron chi connectivity index (χ0n) is 10.7. The molecule has 1 aliphatic carbocycles. The van der Waals surface area contributed by atoms with Gasteiger partial charge in [0.25, 0.3) is 0 Å². The minimum Gasteiger partial charge on any atom is -0.443 e. The predicted octanol–water partition coefficient (Wildman–Crippen LogP) is 2.80. The molecule has 1 saturated carbocycles. The molecule has 1 aliphatic rings. The van der Waals surface area contributed by atoms with Crippen molar-refractivity contribution in [2.45, 2.75) is 63.9 Å². The highest BCUT2D eigenvalue weighted by atomic mass is 16.6. The number of amides is 1. The van der Waals surface area contributed by atoms with Gasteiger partial charge in [0.05, 0.1) is 0 Å². The minimum absolute atomic E-state index is 0.243. The van der Waals surface area contributed by atoms with Crippen molar-refractivity contribution in [3.05, 3.63) is 0 Å². The van der Waals surface area contributed by atoms with Gasteiger partial charge in [0.15, 0.2) is 0 Å². The minimum atomic E-state index is -0.334. The summed E-state index contributed by atoms with van der Waals surface area (Å²) in [6.45, 7) is 2.59. The molecule has 0 aromatic heterocycles. The summed E-state index contributed by atoms with van der Waals surface area (Å²) in [7, 11) is 0. The Bertz CT molecular complexity index is 247. The summed E-state index contributed by atoms with van der Waals surface area (Å²) < 4.78 is 5.57. The third-order valence-electron chi connectivity index (χ3n) is 3.49. The Hall–Kier alpha value is -1.06. The first-order valence-corrected chi connectivity index (χ1v) is 6.63. The van der Waals surface area contributed by atoms with E-state index in [0.29, 0.717) is 19.4 Å². The maximum atomic E-state index is 11.6. The smallest absolute Gasteiger partial charge is 0.407 e. The van der Waals surface area contributed by atoms with Gasteiger partial charge in [-0.2, -0.15) is 0 Å². The van der Waals surface area contributed by atoms with Crippen molar-refractivity contribution in [1.29, 1.82) is 0 Å². The van der Waals surface area contributed by atoms with Crippen molar-refractivity contribution in [3.8, 4) is 0 Å². The molecule has 0 bridgehead atoms. The van der Waals surface area contributed by atoms with E-state index in [4.69, 9.17) is 4.74 Å². The van der Waals surface area contributed by atoms with Crippen LogP contribution < -0.4 is 5.32 Å². The van der Waals surface area contributed by atoms with E-state index >= 15 is 0 Å².